The fourth-order valence-corrected chi connectivity index (χ4v) is 2.07. The number of hydrogen-bond acceptors (Lipinski definition) is 1. The molecule has 3 rings (SSSR count). The van der Waals surface area contributed by atoms with Crippen molar-refractivity contribution in [2.24, 2.45) is 0 Å². The van der Waals surface area contributed by atoms with Crippen molar-refractivity contribution in [3.05, 3.63) is 42.0 Å². The van der Waals surface area contributed by atoms with Crippen molar-refractivity contribution < 1.29 is 4.79 Å². The second-order valence-corrected chi connectivity index (χ2v) is 5.04. The van der Waals surface area contributed by atoms with E-state index in [0.717, 1.165) is 30.6 Å². The predicted octanol–water partition coefficient (Wildman–Crippen LogP) is 4.38. The van der Waals surface area contributed by atoms with Gasteiger partial charge in [-0.25, -0.2) is 0 Å². The smallest absolute Gasteiger partial charge is 0.258 e. The van der Waals surface area contributed by atoms with Crippen LogP contribution < -0.4 is 4.90 Å². The molecule has 102 valence electrons. The Morgan fingerprint density at radius 3 is 2.11 bits per heavy atom. The van der Waals surface area contributed by atoms with Crippen LogP contribution in [0, 0.1) is 0 Å². The molecule has 3 heteroatoms. The van der Waals surface area contributed by atoms with Gasteiger partial charge in [-0.3, -0.25) is 4.79 Å². The molecule has 1 amide bonds. The van der Waals surface area contributed by atoms with E-state index in [9.17, 15) is 4.79 Å². The summed E-state index contributed by atoms with van der Waals surface area (Å²) in [7, 11) is 2.90. The van der Waals surface area contributed by atoms with Crippen LogP contribution in [-0.4, -0.2) is 26.3 Å². The van der Waals surface area contributed by atoms with Gasteiger partial charge in [-0.15, -0.1) is 8.58 Å². The van der Waals surface area contributed by atoms with Crippen molar-refractivity contribution in [1.29, 1.82) is 0 Å². The second kappa shape index (κ2) is 7.25. The number of nitrogens with zero attached hydrogens (tertiary/aromatic N) is 1. The Balaban J connectivity index is 0.000000321. The maximum Gasteiger partial charge on any atom is 0.258 e. The Labute approximate surface area is 117 Å². The largest absolute Gasteiger partial charge is 0.311 e. The first-order valence-electron chi connectivity index (χ1n) is 6.59. The summed E-state index contributed by atoms with van der Waals surface area (Å²) in [4.78, 5) is 13.5. The molecule has 1 aliphatic heterocycles. The van der Waals surface area contributed by atoms with Gasteiger partial charge in [0.1, 0.15) is 0 Å². The van der Waals surface area contributed by atoms with E-state index in [-0.39, 0.29) is 5.91 Å². The Morgan fingerprint density at radius 2 is 1.53 bits per heavy atom. The minimum Gasteiger partial charge on any atom is -0.311 e. The highest BCUT2D eigenvalue weighted by Gasteiger charge is 2.25. The van der Waals surface area contributed by atoms with Gasteiger partial charge in [0.25, 0.3) is 5.91 Å². The van der Waals surface area contributed by atoms with Crippen molar-refractivity contribution >= 4 is 30.9 Å². The summed E-state index contributed by atoms with van der Waals surface area (Å²) in [6, 6.07) is 11.9. The van der Waals surface area contributed by atoms with Crippen molar-refractivity contribution in [2.75, 3.05) is 25.3 Å². The third-order valence-electron chi connectivity index (χ3n) is 2.78. The monoisotopic (exact) mass is 275 g/mol. The zero-order chi connectivity index (χ0) is 14.4. The summed E-state index contributed by atoms with van der Waals surface area (Å²) >= 11 is 0. The van der Waals surface area contributed by atoms with Gasteiger partial charge in [0, 0.05) is 18.0 Å². The van der Waals surface area contributed by atoms with Crippen LogP contribution in [0.5, 0.6) is 0 Å². The number of amides is 1. The first kappa shape index (κ1) is 15.7. The molecule has 0 unspecified atom stereocenters. The average Bonchev–Trinajstić information content (AvgIpc) is 2.70. The quantitative estimate of drug-likeness (QED) is 0.653. The van der Waals surface area contributed by atoms with Gasteiger partial charge in [0.2, 0.25) is 0 Å². The molecule has 0 spiro atoms. The Morgan fingerprint density at radius 1 is 1.00 bits per heavy atom. The SMILES string of the molecule is CC.CN1C(=O)c2cccc3cccc1c23.CPC. The molecule has 0 atom stereocenters. The van der Waals surface area contributed by atoms with Crippen molar-refractivity contribution in [3.8, 4) is 0 Å². The van der Waals surface area contributed by atoms with Crippen LogP contribution in [0.1, 0.15) is 24.2 Å². The minimum absolute atomic E-state index is 0.0943. The van der Waals surface area contributed by atoms with E-state index in [1.807, 2.05) is 57.3 Å². The lowest BCUT2D eigenvalue weighted by Gasteiger charge is -2.08. The van der Waals surface area contributed by atoms with Crippen LogP contribution in [0.25, 0.3) is 10.8 Å². The Hall–Kier alpha value is -1.40. The summed E-state index contributed by atoms with van der Waals surface area (Å²) in [5.74, 6) is 0.0943. The molecule has 0 fully saturated rings. The third-order valence-corrected chi connectivity index (χ3v) is 2.78. The van der Waals surface area contributed by atoms with Crippen LogP contribution in [-0.2, 0) is 0 Å². The summed E-state index contributed by atoms with van der Waals surface area (Å²) in [5, 5.41) is 2.22. The number of carbonyl (C=O) groups excluding carboxylic acids is 1. The lowest BCUT2D eigenvalue weighted by molar-refractivity contribution is 0.0999. The highest BCUT2D eigenvalue weighted by Crippen LogP contribution is 2.35. The van der Waals surface area contributed by atoms with E-state index in [0.29, 0.717) is 0 Å². The molecule has 2 aromatic carbocycles. The fourth-order valence-electron chi connectivity index (χ4n) is 2.07. The molecule has 0 radical (unpaired) electrons. The molecule has 19 heavy (non-hydrogen) atoms. The van der Waals surface area contributed by atoms with E-state index in [2.05, 4.69) is 13.3 Å². The van der Waals surface area contributed by atoms with Crippen LogP contribution >= 0.6 is 8.58 Å². The number of benzene rings is 2. The van der Waals surface area contributed by atoms with E-state index in [1.165, 1.54) is 0 Å². The molecule has 0 N–H and O–H groups in total. The molecule has 0 aromatic heterocycles. The van der Waals surface area contributed by atoms with Gasteiger partial charge < -0.3 is 4.90 Å². The standard InChI is InChI=1S/C12H9NO.C2H7P.C2H6/c1-13-10-7-3-5-8-4-2-6-9(11(8)10)12(13)14;1-3-2;1-2/h2-7H,1H3;3H,1-2H3;1-2H3. The van der Waals surface area contributed by atoms with Gasteiger partial charge in [-0.05, 0) is 30.8 Å². The lowest BCUT2D eigenvalue weighted by Crippen LogP contribution is -2.20. The van der Waals surface area contributed by atoms with E-state index in [1.54, 1.807) is 4.90 Å². The molecule has 1 aliphatic rings. The first-order valence-corrected chi connectivity index (χ1v) is 8.59. The maximum absolute atomic E-state index is 11.8. The first-order chi connectivity index (χ1) is 9.20. The van der Waals surface area contributed by atoms with Crippen LogP contribution in [0.15, 0.2) is 36.4 Å². The fraction of sp³-hybridized carbons (Fsp3) is 0.312. The molecular weight excluding hydrogens is 253 g/mol. The highest BCUT2D eigenvalue weighted by atomic mass is 31.1. The van der Waals surface area contributed by atoms with E-state index in [4.69, 9.17) is 0 Å². The van der Waals surface area contributed by atoms with Crippen molar-refractivity contribution in [2.45, 2.75) is 13.8 Å². The van der Waals surface area contributed by atoms with Crippen LogP contribution in [0.2, 0.25) is 0 Å². The maximum atomic E-state index is 11.8. The molecule has 0 saturated heterocycles. The molecule has 0 saturated carbocycles. The number of rotatable bonds is 0. The van der Waals surface area contributed by atoms with E-state index < -0.39 is 0 Å². The molecule has 0 bridgehead atoms. The summed E-state index contributed by atoms with van der Waals surface area (Å²) in [6.45, 7) is 8.31. The highest BCUT2D eigenvalue weighted by molar-refractivity contribution is 7.35. The average molecular weight is 275 g/mol. The number of carbonyl (C=O) groups is 1. The van der Waals surface area contributed by atoms with Gasteiger partial charge in [-0.1, -0.05) is 38.1 Å². The Kier molecular flexibility index (Phi) is 5.98. The second-order valence-electron chi connectivity index (χ2n) is 4.04. The van der Waals surface area contributed by atoms with Crippen LogP contribution in [0.4, 0.5) is 5.69 Å². The van der Waals surface area contributed by atoms with E-state index >= 15 is 0 Å². The van der Waals surface area contributed by atoms with Crippen molar-refractivity contribution in [3.63, 3.8) is 0 Å². The van der Waals surface area contributed by atoms with Crippen LogP contribution in [0.3, 0.4) is 0 Å². The lowest BCUT2D eigenvalue weighted by atomic mass is 10.1. The Bertz CT molecular complexity index is 560. The predicted molar refractivity (Wildman–Crippen MR) is 88.2 cm³/mol. The third kappa shape index (κ3) is 2.96. The summed E-state index contributed by atoms with van der Waals surface area (Å²) < 4.78 is 0. The van der Waals surface area contributed by atoms with Gasteiger partial charge in [0.15, 0.2) is 0 Å². The topological polar surface area (TPSA) is 20.3 Å². The zero-order valence-corrected chi connectivity index (χ0v) is 13.3. The number of anilines is 1. The van der Waals surface area contributed by atoms with Crippen molar-refractivity contribution in [1.82, 2.24) is 0 Å². The normalized spacial score (nSPS) is 11.6. The molecule has 1 heterocycles. The minimum atomic E-state index is 0.0943. The van der Waals surface area contributed by atoms with Gasteiger partial charge in [-0.2, -0.15) is 0 Å². The molecule has 2 aromatic rings. The van der Waals surface area contributed by atoms with Gasteiger partial charge >= 0.3 is 0 Å². The molecular formula is C16H22NOP. The molecule has 0 aliphatic carbocycles. The number of hydrogen-bond donors (Lipinski definition) is 0. The zero-order valence-electron chi connectivity index (χ0n) is 12.3. The summed E-state index contributed by atoms with van der Waals surface area (Å²) in [6.07, 6.45) is 0. The summed E-state index contributed by atoms with van der Waals surface area (Å²) in [5.41, 5.74) is 1.84. The van der Waals surface area contributed by atoms with Gasteiger partial charge in [0.05, 0.1) is 5.69 Å². The molecule has 2 nitrogen and oxygen atoms in total.